The predicted octanol–water partition coefficient (Wildman–Crippen LogP) is 5.60. The van der Waals surface area contributed by atoms with Crippen LogP contribution in [0.2, 0.25) is 0 Å². The third kappa shape index (κ3) is 6.27. The van der Waals surface area contributed by atoms with Crippen LogP contribution in [0.5, 0.6) is 5.75 Å². The van der Waals surface area contributed by atoms with E-state index in [1.54, 1.807) is 17.0 Å². The lowest BCUT2D eigenvalue weighted by atomic mass is 9.90. The number of rotatable bonds is 10. The van der Waals surface area contributed by atoms with Crippen LogP contribution in [0.1, 0.15) is 82.5 Å². The van der Waals surface area contributed by atoms with Crippen LogP contribution < -0.4 is 9.64 Å². The van der Waals surface area contributed by atoms with E-state index in [0.29, 0.717) is 35.9 Å². The van der Waals surface area contributed by atoms with Crippen molar-refractivity contribution in [3.05, 3.63) is 35.4 Å². The van der Waals surface area contributed by atoms with Crippen LogP contribution in [0.15, 0.2) is 22.7 Å². The van der Waals surface area contributed by atoms with Crippen molar-refractivity contribution in [2.24, 2.45) is 17.8 Å². The molecule has 2 aliphatic carbocycles. The molecule has 37 heavy (non-hydrogen) atoms. The van der Waals surface area contributed by atoms with Crippen molar-refractivity contribution in [1.82, 2.24) is 15.0 Å². The van der Waals surface area contributed by atoms with Crippen molar-refractivity contribution < 1.29 is 18.4 Å². The molecule has 7 nitrogen and oxygen atoms in total. The molecule has 1 saturated heterocycles. The maximum atomic E-state index is 14.7. The number of nitrogens with zero attached hydrogens (tertiary/aromatic N) is 4. The molecule has 0 radical (unpaired) electrons. The Labute approximate surface area is 219 Å². The van der Waals surface area contributed by atoms with Gasteiger partial charge in [0.25, 0.3) is 0 Å². The Hall–Kier alpha value is -2.64. The van der Waals surface area contributed by atoms with Gasteiger partial charge in [-0.1, -0.05) is 37.9 Å². The highest BCUT2D eigenvalue weighted by Crippen LogP contribution is 2.50. The zero-order chi connectivity index (χ0) is 25.9. The molecule has 1 aromatic carbocycles. The summed E-state index contributed by atoms with van der Waals surface area (Å²) in [6.07, 6.45) is 9.12. The molecule has 5 rings (SSSR count). The van der Waals surface area contributed by atoms with Gasteiger partial charge in [0.15, 0.2) is 5.82 Å². The van der Waals surface area contributed by atoms with Crippen LogP contribution in [0.4, 0.5) is 10.4 Å². The van der Waals surface area contributed by atoms with Gasteiger partial charge in [0.2, 0.25) is 5.91 Å². The van der Waals surface area contributed by atoms with Crippen LogP contribution in [-0.2, 0) is 11.2 Å². The highest BCUT2D eigenvalue weighted by atomic mass is 19.1. The summed E-state index contributed by atoms with van der Waals surface area (Å²) < 4.78 is 26.0. The smallest absolute Gasteiger partial charge is 0.324 e. The summed E-state index contributed by atoms with van der Waals surface area (Å²) >= 11 is 0. The van der Waals surface area contributed by atoms with Crippen LogP contribution in [-0.4, -0.2) is 53.7 Å². The van der Waals surface area contributed by atoms with Gasteiger partial charge in [-0.05, 0) is 67.9 Å². The average molecular weight is 513 g/mol. The molecule has 202 valence electrons. The van der Waals surface area contributed by atoms with Gasteiger partial charge in [-0.15, -0.1) is 0 Å². The number of hydrogen-bond donors (Lipinski definition) is 0. The lowest BCUT2D eigenvalue weighted by molar-refractivity contribution is -0.131. The second-order valence-electron chi connectivity index (χ2n) is 11.6. The molecule has 1 aliphatic heterocycles. The number of piperidine rings is 1. The van der Waals surface area contributed by atoms with E-state index in [2.05, 4.69) is 28.9 Å². The number of carbonyl (C=O) groups is 1. The van der Waals surface area contributed by atoms with Crippen LogP contribution in [0.3, 0.4) is 0 Å². The minimum absolute atomic E-state index is 0.0116. The molecule has 2 heterocycles. The van der Waals surface area contributed by atoms with E-state index in [1.165, 1.54) is 25.3 Å². The fraction of sp³-hybridized carbons (Fsp3) is 0.690. The van der Waals surface area contributed by atoms with Gasteiger partial charge in [-0.25, -0.2) is 4.39 Å². The molecule has 1 aromatic heterocycles. The first-order chi connectivity index (χ1) is 17.9. The summed E-state index contributed by atoms with van der Waals surface area (Å²) in [6, 6.07) is 5.89. The Morgan fingerprint density at radius 3 is 2.65 bits per heavy atom. The van der Waals surface area contributed by atoms with Crippen molar-refractivity contribution >= 4 is 11.9 Å². The first-order valence-corrected chi connectivity index (χ1v) is 14.1. The van der Waals surface area contributed by atoms with E-state index in [1.807, 2.05) is 7.05 Å². The van der Waals surface area contributed by atoms with E-state index in [-0.39, 0.29) is 24.1 Å². The number of hydrogen-bond acceptors (Lipinski definition) is 6. The Morgan fingerprint density at radius 2 is 1.97 bits per heavy atom. The first-order valence-electron chi connectivity index (χ1n) is 14.1. The van der Waals surface area contributed by atoms with Crippen LogP contribution in [0, 0.1) is 23.6 Å². The number of amides is 1. The van der Waals surface area contributed by atoms with E-state index in [0.717, 1.165) is 62.9 Å². The zero-order valence-corrected chi connectivity index (χ0v) is 22.5. The van der Waals surface area contributed by atoms with Gasteiger partial charge < -0.3 is 19.1 Å². The predicted molar refractivity (Wildman–Crippen MR) is 140 cm³/mol. The highest BCUT2D eigenvalue weighted by Gasteiger charge is 2.43. The normalized spacial score (nSPS) is 22.6. The molecule has 0 spiro atoms. The highest BCUT2D eigenvalue weighted by molar-refractivity contribution is 5.79. The number of ether oxygens (including phenoxy) is 1. The largest absolute Gasteiger partial charge is 0.493 e. The number of halogens is 1. The van der Waals surface area contributed by atoms with E-state index >= 15 is 0 Å². The molecule has 1 amide bonds. The van der Waals surface area contributed by atoms with Gasteiger partial charge in [-0.2, -0.15) is 4.98 Å². The number of carbonyl (C=O) groups excluding carboxylic acids is 1. The summed E-state index contributed by atoms with van der Waals surface area (Å²) in [5, 5.41) is 4.09. The monoisotopic (exact) mass is 512 g/mol. The lowest BCUT2D eigenvalue weighted by Gasteiger charge is -2.30. The molecule has 0 N–H and O–H groups in total. The van der Waals surface area contributed by atoms with E-state index < -0.39 is 0 Å². The Morgan fingerprint density at radius 1 is 1.22 bits per heavy atom. The van der Waals surface area contributed by atoms with Gasteiger partial charge >= 0.3 is 6.01 Å². The van der Waals surface area contributed by atoms with Crippen molar-refractivity contribution in [3.8, 4) is 5.75 Å². The lowest BCUT2D eigenvalue weighted by Crippen LogP contribution is -2.36. The SMILES string of the molecule is CC(C)c1noc(N2CCC([C@H]3C[C@H]3CCOc3ccc(CC(=O)N(C)C4CCCC4)c(F)c3)CC2)n1. The minimum Gasteiger partial charge on any atom is -0.493 e. The maximum Gasteiger partial charge on any atom is 0.324 e. The van der Waals surface area contributed by atoms with Gasteiger partial charge in [0, 0.05) is 38.2 Å². The molecule has 2 aromatic rings. The van der Waals surface area contributed by atoms with Gasteiger partial charge in [-0.3, -0.25) is 4.79 Å². The Balaban J connectivity index is 1.02. The summed E-state index contributed by atoms with van der Waals surface area (Å²) in [5.41, 5.74) is 0.441. The quantitative estimate of drug-likeness (QED) is 0.413. The van der Waals surface area contributed by atoms with E-state index in [9.17, 15) is 9.18 Å². The Bertz CT molecular complexity index is 1060. The number of benzene rings is 1. The molecule has 2 saturated carbocycles. The number of likely N-dealkylation sites (N-methyl/N-ethyl adjacent to an activating group) is 1. The van der Waals surface area contributed by atoms with Gasteiger partial charge in [0.05, 0.1) is 13.0 Å². The standard InChI is InChI=1S/C29H41FN4O3/c1-19(2)28-31-29(37-32-28)34-13-10-20(11-14-34)25-16-21(25)12-15-36-24-9-8-22(26(30)18-24)17-27(35)33(3)23-6-4-5-7-23/h8-9,18-21,23,25H,4-7,10-17H2,1-3H3/t21-,25-/m1/s1. The number of aromatic nitrogens is 2. The summed E-state index contributed by atoms with van der Waals surface area (Å²) in [4.78, 5) is 21.1. The third-order valence-corrected chi connectivity index (χ3v) is 8.73. The molecule has 3 fully saturated rings. The summed E-state index contributed by atoms with van der Waals surface area (Å²) in [7, 11) is 1.85. The average Bonchev–Trinajstić information content (AvgIpc) is 3.27. The summed E-state index contributed by atoms with van der Waals surface area (Å²) in [5.74, 6) is 3.42. The molecule has 3 aliphatic rings. The summed E-state index contributed by atoms with van der Waals surface area (Å²) in [6.45, 7) is 6.68. The first kappa shape index (κ1) is 26.0. The second kappa shape index (κ2) is 11.4. The topological polar surface area (TPSA) is 71.7 Å². The molecular formula is C29H41FN4O3. The van der Waals surface area contributed by atoms with E-state index in [4.69, 9.17) is 9.26 Å². The fourth-order valence-electron chi connectivity index (χ4n) is 6.16. The molecule has 0 unspecified atom stereocenters. The van der Waals surface area contributed by atoms with Crippen molar-refractivity contribution in [1.29, 1.82) is 0 Å². The van der Waals surface area contributed by atoms with Crippen molar-refractivity contribution in [2.45, 2.75) is 83.6 Å². The van der Waals surface area contributed by atoms with Crippen molar-refractivity contribution in [3.63, 3.8) is 0 Å². The molecule has 0 bridgehead atoms. The molecule has 2 atom stereocenters. The third-order valence-electron chi connectivity index (χ3n) is 8.73. The second-order valence-corrected chi connectivity index (χ2v) is 11.6. The van der Waals surface area contributed by atoms with Crippen molar-refractivity contribution in [2.75, 3.05) is 31.6 Å². The van der Waals surface area contributed by atoms with Crippen LogP contribution >= 0.6 is 0 Å². The maximum absolute atomic E-state index is 14.7. The van der Waals surface area contributed by atoms with Crippen LogP contribution in [0.25, 0.3) is 0 Å². The van der Waals surface area contributed by atoms with Gasteiger partial charge in [0.1, 0.15) is 11.6 Å². The molecular weight excluding hydrogens is 471 g/mol. The number of anilines is 1. The molecule has 8 heteroatoms. The zero-order valence-electron chi connectivity index (χ0n) is 22.5. The fourth-order valence-corrected chi connectivity index (χ4v) is 6.16. The minimum atomic E-state index is -0.358. The Kier molecular flexibility index (Phi) is 8.01.